The van der Waals surface area contributed by atoms with Crippen molar-refractivity contribution < 1.29 is 4.79 Å². The summed E-state index contributed by atoms with van der Waals surface area (Å²) in [6, 6.07) is 5.83. The molecule has 0 saturated carbocycles. The molecule has 5 heteroatoms. The van der Waals surface area contributed by atoms with Crippen LogP contribution in [0.3, 0.4) is 0 Å². The Kier molecular flexibility index (Phi) is 8.77. The molecule has 2 aromatic rings. The number of allylic oxidation sites excluding steroid dienone is 1. The summed E-state index contributed by atoms with van der Waals surface area (Å²) >= 11 is 0. The molecule has 5 nitrogen and oxygen atoms in total. The molecule has 142 valence electrons. The van der Waals surface area contributed by atoms with Gasteiger partial charge in [0.15, 0.2) is 0 Å². The van der Waals surface area contributed by atoms with Crippen LogP contribution in [0.2, 0.25) is 0 Å². The van der Waals surface area contributed by atoms with Crippen molar-refractivity contribution in [1.29, 1.82) is 0 Å². The molecule has 0 unspecified atom stereocenters. The zero-order chi connectivity index (χ0) is 19.3. The number of pyridine rings is 1. The van der Waals surface area contributed by atoms with Gasteiger partial charge in [-0.25, -0.2) is 4.99 Å². The van der Waals surface area contributed by atoms with Gasteiger partial charge >= 0.3 is 0 Å². The monoisotopic (exact) mass is 364 g/mol. The van der Waals surface area contributed by atoms with Crippen LogP contribution in [0.15, 0.2) is 53.9 Å². The largest absolute Gasteiger partial charge is 0.353 e. The molecule has 0 bridgehead atoms. The maximum atomic E-state index is 11.8. The SMILES string of the molecule is C=Nc1c(/C=C\C)ccn1CCCCCCNC(=O)/C=C/c1cccnc1. The zero-order valence-corrected chi connectivity index (χ0v) is 16.0. The lowest BCUT2D eigenvalue weighted by Crippen LogP contribution is -2.21. The van der Waals surface area contributed by atoms with E-state index >= 15 is 0 Å². The van der Waals surface area contributed by atoms with Gasteiger partial charge in [-0.05, 0) is 50.3 Å². The number of aryl methyl sites for hydroxylation is 1. The Morgan fingerprint density at radius 2 is 2.11 bits per heavy atom. The lowest BCUT2D eigenvalue weighted by molar-refractivity contribution is -0.116. The number of aliphatic imine (C=N–C) groups is 1. The van der Waals surface area contributed by atoms with Gasteiger partial charge in [0, 0.05) is 43.3 Å². The lowest BCUT2D eigenvalue weighted by Gasteiger charge is -2.07. The molecule has 0 saturated heterocycles. The summed E-state index contributed by atoms with van der Waals surface area (Å²) < 4.78 is 2.15. The van der Waals surface area contributed by atoms with E-state index in [1.165, 1.54) is 0 Å². The van der Waals surface area contributed by atoms with E-state index in [1.54, 1.807) is 24.5 Å². The summed E-state index contributed by atoms with van der Waals surface area (Å²) in [5.41, 5.74) is 2.03. The van der Waals surface area contributed by atoms with Gasteiger partial charge in [-0.3, -0.25) is 9.78 Å². The molecule has 27 heavy (non-hydrogen) atoms. The number of hydrogen-bond acceptors (Lipinski definition) is 3. The average Bonchev–Trinajstić information content (AvgIpc) is 3.08. The first kappa shape index (κ1) is 20.4. The van der Waals surface area contributed by atoms with Crippen molar-refractivity contribution in [1.82, 2.24) is 14.9 Å². The molecule has 0 fully saturated rings. The third-order valence-electron chi connectivity index (χ3n) is 4.20. The van der Waals surface area contributed by atoms with Gasteiger partial charge in [0.25, 0.3) is 0 Å². The Hall–Kier alpha value is -2.95. The third kappa shape index (κ3) is 7.05. The van der Waals surface area contributed by atoms with E-state index in [0.29, 0.717) is 6.54 Å². The number of unbranched alkanes of at least 4 members (excludes halogenated alkanes) is 3. The van der Waals surface area contributed by atoms with Crippen LogP contribution in [0.5, 0.6) is 0 Å². The van der Waals surface area contributed by atoms with E-state index in [4.69, 9.17) is 0 Å². The summed E-state index contributed by atoms with van der Waals surface area (Å²) in [7, 11) is 0. The predicted molar refractivity (Wildman–Crippen MR) is 113 cm³/mol. The first-order chi connectivity index (χ1) is 13.2. The molecule has 0 aromatic carbocycles. The summed E-state index contributed by atoms with van der Waals surface area (Å²) in [4.78, 5) is 19.9. The molecule has 1 amide bonds. The van der Waals surface area contributed by atoms with Crippen LogP contribution >= 0.6 is 0 Å². The highest BCUT2D eigenvalue weighted by atomic mass is 16.1. The second-order valence-electron chi connectivity index (χ2n) is 6.27. The van der Waals surface area contributed by atoms with Gasteiger partial charge < -0.3 is 9.88 Å². The maximum absolute atomic E-state index is 11.8. The minimum absolute atomic E-state index is 0.0654. The van der Waals surface area contributed by atoms with Crippen molar-refractivity contribution >= 4 is 30.6 Å². The summed E-state index contributed by atoms with van der Waals surface area (Å²) in [6.45, 7) is 7.31. The highest BCUT2D eigenvalue weighted by Gasteiger charge is 2.04. The van der Waals surface area contributed by atoms with Crippen molar-refractivity contribution in [3.63, 3.8) is 0 Å². The summed E-state index contributed by atoms with van der Waals surface area (Å²) in [5.74, 6) is 0.866. The van der Waals surface area contributed by atoms with E-state index in [0.717, 1.165) is 49.2 Å². The van der Waals surface area contributed by atoms with Crippen molar-refractivity contribution in [2.75, 3.05) is 6.54 Å². The second kappa shape index (κ2) is 11.6. The number of carbonyl (C=O) groups is 1. The van der Waals surface area contributed by atoms with Crippen LogP contribution in [-0.2, 0) is 11.3 Å². The number of rotatable bonds is 11. The van der Waals surface area contributed by atoms with Crippen molar-refractivity contribution in [3.05, 3.63) is 60.1 Å². The van der Waals surface area contributed by atoms with Crippen LogP contribution in [-0.4, -0.2) is 28.7 Å². The van der Waals surface area contributed by atoms with Gasteiger partial charge in [-0.2, -0.15) is 0 Å². The maximum Gasteiger partial charge on any atom is 0.243 e. The Balaban J connectivity index is 1.59. The predicted octanol–water partition coefficient (Wildman–Crippen LogP) is 4.64. The van der Waals surface area contributed by atoms with E-state index in [2.05, 4.69) is 38.8 Å². The van der Waals surface area contributed by atoms with Gasteiger partial charge in [0.2, 0.25) is 5.91 Å². The Morgan fingerprint density at radius 3 is 2.85 bits per heavy atom. The minimum atomic E-state index is -0.0654. The second-order valence-corrected chi connectivity index (χ2v) is 6.27. The topological polar surface area (TPSA) is 59.3 Å². The number of carbonyl (C=O) groups excluding carboxylic acids is 1. The molecule has 2 heterocycles. The standard InChI is InChI=1S/C22H28N4O/c1-3-9-20-13-17-26(22(20)23-2)16-7-5-4-6-15-25-21(27)12-11-19-10-8-14-24-18-19/h3,8-14,17-18H,2,4-7,15-16H2,1H3,(H,25,27)/b9-3-,12-11+. The average molecular weight is 364 g/mol. The molecular formula is C22H28N4O. The van der Waals surface area contributed by atoms with Crippen LogP contribution in [0.25, 0.3) is 12.2 Å². The van der Waals surface area contributed by atoms with Crippen molar-refractivity contribution in [2.24, 2.45) is 4.99 Å². The number of nitrogens with zero attached hydrogens (tertiary/aromatic N) is 3. The smallest absolute Gasteiger partial charge is 0.243 e. The highest BCUT2D eigenvalue weighted by molar-refractivity contribution is 5.91. The Morgan fingerprint density at radius 1 is 1.26 bits per heavy atom. The first-order valence-electron chi connectivity index (χ1n) is 9.39. The summed E-state index contributed by atoms with van der Waals surface area (Å²) in [6.07, 6.45) is 17.2. The number of nitrogens with one attached hydrogen (secondary N) is 1. The van der Waals surface area contributed by atoms with E-state index in [9.17, 15) is 4.79 Å². The molecule has 1 N–H and O–H groups in total. The van der Waals surface area contributed by atoms with Crippen LogP contribution in [0, 0.1) is 0 Å². The molecule has 2 aromatic heterocycles. The van der Waals surface area contributed by atoms with E-state index in [-0.39, 0.29) is 5.91 Å². The normalized spacial score (nSPS) is 11.3. The molecule has 0 radical (unpaired) electrons. The summed E-state index contributed by atoms with van der Waals surface area (Å²) in [5, 5.41) is 2.91. The molecule has 0 aliphatic rings. The molecule has 2 rings (SSSR count). The quantitative estimate of drug-likeness (QED) is 0.359. The van der Waals surface area contributed by atoms with Crippen molar-refractivity contribution in [3.8, 4) is 0 Å². The molecular weight excluding hydrogens is 336 g/mol. The molecule has 0 aliphatic carbocycles. The first-order valence-corrected chi connectivity index (χ1v) is 9.39. The van der Waals surface area contributed by atoms with Crippen LogP contribution in [0.4, 0.5) is 5.82 Å². The highest BCUT2D eigenvalue weighted by Crippen LogP contribution is 2.22. The van der Waals surface area contributed by atoms with Gasteiger partial charge in [-0.1, -0.05) is 31.1 Å². The lowest BCUT2D eigenvalue weighted by atomic mass is 10.2. The zero-order valence-electron chi connectivity index (χ0n) is 16.0. The van der Waals surface area contributed by atoms with Crippen molar-refractivity contribution in [2.45, 2.75) is 39.2 Å². The molecule has 0 spiro atoms. The third-order valence-corrected chi connectivity index (χ3v) is 4.20. The Bertz CT molecular complexity index is 775. The van der Waals surface area contributed by atoms with Crippen LogP contribution in [0.1, 0.15) is 43.7 Å². The fourth-order valence-corrected chi connectivity index (χ4v) is 2.83. The number of aromatic nitrogens is 2. The van der Waals surface area contributed by atoms with Crippen LogP contribution < -0.4 is 5.32 Å². The number of hydrogen-bond donors (Lipinski definition) is 1. The van der Waals surface area contributed by atoms with Gasteiger partial charge in [-0.15, -0.1) is 0 Å². The Labute approximate surface area is 161 Å². The fourth-order valence-electron chi connectivity index (χ4n) is 2.83. The van der Waals surface area contributed by atoms with E-state index in [1.807, 2.05) is 31.2 Å². The van der Waals surface area contributed by atoms with Gasteiger partial charge in [0.1, 0.15) is 5.82 Å². The fraction of sp³-hybridized carbons (Fsp3) is 0.318. The molecule has 0 aliphatic heterocycles. The molecule has 0 atom stereocenters. The van der Waals surface area contributed by atoms with E-state index < -0.39 is 0 Å². The van der Waals surface area contributed by atoms with Gasteiger partial charge in [0.05, 0.1) is 0 Å². The number of amides is 1. The minimum Gasteiger partial charge on any atom is -0.353 e.